The fourth-order valence-electron chi connectivity index (χ4n) is 1.33. The third-order valence-corrected chi connectivity index (χ3v) is 5.01. The highest BCUT2D eigenvalue weighted by atomic mass is 127. The molecule has 2 nitrogen and oxygen atoms in total. The summed E-state index contributed by atoms with van der Waals surface area (Å²) in [7, 11) is 0. The van der Waals surface area contributed by atoms with Crippen LogP contribution in [0.15, 0.2) is 22.7 Å². The lowest BCUT2D eigenvalue weighted by Gasteiger charge is -2.07. The van der Waals surface area contributed by atoms with Crippen molar-refractivity contribution in [3.63, 3.8) is 0 Å². The number of halogens is 2. The molecule has 1 aromatic carbocycles. The van der Waals surface area contributed by atoms with Gasteiger partial charge < -0.3 is 5.32 Å². The molecule has 1 saturated carbocycles. The molecule has 0 unspecified atom stereocenters. The van der Waals surface area contributed by atoms with Crippen LogP contribution >= 0.6 is 38.5 Å². The molecule has 1 aliphatic carbocycles. The van der Waals surface area contributed by atoms with Gasteiger partial charge in [0.2, 0.25) is 0 Å². The quantitative estimate of drug-likeness (QED) is 0.803. The topological polar surface area (TPSA) is 29.1 Å². The predicted molar refractivity (Wildman–Crippen MR) is 71.9 cm³/mol. The van der Waals surface area contributed by atoms with Crippen LogP contribution in [0.2, 0.25) is 0 Å². The summed E-state index contributed by atoms with van der Waals surface area (Å²) in [6.07, 6.45) is 2.52. The second-order valence-electron chi connectivity index (χ2n) is 3.75. The van der Waals surface area contributed by atoms with Crippen molar-refractivity contribution in [3.8, 4) is 0 Å². The van der Waals surface area contributed by atoms with E-state index in [9.17, 15) is 4.79 Å². The molecule has 0 spiro atoms. The van der Waals surface area contributed by atoms with E-state index in [1.807, 2.05) is 18.2 Å². The number of carbonyl (C=O) groups is 1. The molecule has 0 aromatic heterocycles. The van der Waals surface area contributed by atoms with Gasteiger partial charge in [0.15, 0.2) is 0 Å². The maximum atomic E-state index is 11.8. The maximum Gasteiger partial charge on any atom is 0.252 e. The predicted octanol–water partition coefficient (Wildman–Crippen LogP) is 3.19. The standard InChI is InChI=1S/C11H11BrINO/c12-9-3-1-2-8(10(9)13)11(15)14-6-7-4-5-7/h1-3,7H,4-6H2,(H,14,15). The van der Waals surface area contributed by atoms with Gasteiger partial charge in [-0.15, -0.1) is 0 Å². The molecule has 2 rings (SSSR count). The van der Waals surface area contributed by atoms with Gasteiger partial charge in [0.05, 0.1) is 5.56 Å². The first-order chi connectivity index (χ1) is 7.18. The van der Waals surface area contributed by atoms with Gasteiger partial charge in [-0.2, -0.15) is 0 Å². The van der Waals surface area contributed by atoms with Crippen molar-refractivity contribution in [2.24, 2.45) is 5.92 Å². The summed E-state index contributed by atoms with van der Waals surface area (Å²) in [6, 6.07) is 5.69. The SMILES string of the molecule is O=C(NCC1CC1)c1cccc(Br)c1I. The molecule has 1 N–H and O–H groups in total. The van der Waals surface area contributed by atoms with Crippen LogP contribution in [-0.4, -0.2) is 12.5 Å². The number of carbonyl (C=O) groups excluding carboxylic acids is 1. The fraction of sp³-hybridized carbons (Fsp3) is 0.364. The molecule has 4 heteroatoms. The average Bonchev–Trinajstić information content (AvgIpc) is 3.02. The van der Waals surface area contributed by atoms with Gasteiger partial charge in [-0.25, -0.2) is 0 Å². The smallest absolute Gasteiger partial charge is 0.252 e. The highest BCUT2D eigenvalue weighted by molar-refractivity contribution is 14.1. The minimum absolute atomic E-state index is 0.0348. The molecule has 1 aromatic rings. The molecule has 1 aliphatic rings. The van der Waals surface area contributed by atoms with E-state index in [-0.39, 0.29) is 5.91 Å². The molecule has 0 radical (unpaired) electrons. The van der Waals surface area contributed by atoms with Crippen molar-refractivity contribution < 1.29 is 4.79 Å². The molecular formula is C11H11BrINO. The largest absolute Gasteiger partial charge is 0.352 e. The molecule has 0 bridgehead atoms. The van der Waals surface area contributed by atoms with Gasteiger partial charge in [0.1, 0.15) is 0 Å². The molecule has 0 saturated heterocycles. The Morgan fingerprint density at radius 1 is 1.53 bits per heavy atom. The van der Waals surface area contributed by atoms with Crippen LogP contribution in [0, 0.1) is 9.49 Å². The highest BCUT2D eigenvalue weighted by Crippen LogP contribution is 2.28. The van der Waals surface area contributed by atoms with Gasteiger partial charge in [0.25, 0.3) is 5.91 Å². The normalized spacial score (nSPS) is 15.1. The molecule has 15 heavy (non-hydrogen) atoms. The van der Waals surface area contributed by atoms with E-state index in [4.69, 9.17) is 0 Å². The minimum atomic E-state index is 0.0348. The summed E-state index contributed by atoms with van der Waals surface area (Å²) in [6.45, 7) is 0.821. The zero-order valence-corrected chi connectivity index (χ0v) is 11.8. The van der Waals surface area contributed by atoms with E-state index in [0.29, 0.717) is 0 Å². The summed E-state index contributed by atoms with van der Waals surface area (Å²) < 4.78 is 1.95. The molecule has 1 fully saturated rings. The number of benzene rings is 1. The van der Waals surface area contributed by atoms with E-state index in [1.165, 1.54) is 12.8 Å². The molecule has 0 heterocycles. The van der Waals surface area contributed by atoms with E-state index >= 15 is 0 Å². The number of amides is 1. The molecular weight excluding hydrogens is 369 g/mol. The average molecular weight is 380 g/mol. The van der Waals surface area contributed by atoms with Gasteiger partial charge in [-0.1, -0.05) is 6.07 Å². The van der Waals surface area contributed by atoms with Crippen molar-refractivity contribution in [1.82, 2.24) is 5.32 Å². The van der Waals surface area contributed by atoms with E-state index in [1.54, 1.807) is 0 Å². The number of rotatable bonds is 3. The Hall–Kier alpha value is -0.100. The zero-order chi connectivity index (χ0) is 10.8. The number of nitrogens with one attached hydrogen (secondary N) is 1. The van der Waals surface area contributed by atoms with Crippen LogP contribution in [0.1, 0.15) is 23.2 Å². The van der Waals surface area contributed by atoms with Crippen molar-refractivity contribution in [3.05, 3.63) is 31.8 Å². The molecule has 0 aliphatic heterocycles. The fourth-order valence-corrected chi connectivity index (χ4v) is 2.30. The van der Waals surface area contributed by atoms with Crippen LogP contribution < -0.4 is 5.32 Å². The lowest BCUT2D eigenvalue weighted by atomic mass is 10.2. The van der Waals surface area contributed by atoms with Crippen LogP contribution in [0.25, 0.3) is 0 Å². The Balaban J connectivity index is 2.06. The van der Waals surface area contributed by atoms with Crippen molar-refractivity contribution in [2.45, 2.75) is 12.8 Å². The van der Waals surface area contributed by atoms with Crippen LogP contribution in [-0.2, 0) is 0 Å². The number of hydrogen-bond acceptors (Lipinski definition) is 1. The van der Waals surface area contributed by atoms with Crippen molar-refractivity contribution in [1.29, 1.82) is 0 Å². The lowest BCUT2D eigenvalue weighted by molar-refractivity contribution is 0.0951. The third kappa shape index (κ3) is 2.93. The first-order valence-corrected chi connectivity index (χ1v) is 6.78. The Bertz CT molecular complexity index is 390. The summed E-state index contributed by atoms with van der Waals surface area (Å²) in [4.78, 5) is 11.8. The number of hydrogen-bond donors (Lipinski definition) is 1. The Kier molecular flexibility index (Phi) is 3.66. The van der Waals surface area contributed by atoms with Crippen LogP contribution in [0.5, 0.6) is 0 Å². The van der Waals surface area contributed by atoms with Crippen LogP contribution in [0.3, 0.4) is 0 Å². The molecule has 80 valence electrons. The summed E-state index contributed by atoms with van der Waals surface area (Å²) in [5, 5.41) is 2.96. The van der Waals surface area contributed by atoms with E-state index in [2.05, 4.69) is 43.8 Å². The van der Waals surface area contributed by atoms with Gasteiger partial charge in [0, 0.05) is 14.6 Å². The molecule has 0 atom stereocenters. The maximum absolute atomic E-state index is 11.8. The zero-order valence-electron chi connectivity index (χ0n) is 8.09. The van der Waals surface area contributed by atoms with E-state index in [0.717, 1.165) is 26.1 Å². The summed E-state index contributed by atoms with van der Waals surface area (Å²) in [5.74, 6) is 0.756. The Labute approximate surface area is 111 Å². The summed E-state index contributed by atoms with van der Waals surface area (Å²) in [5.41, 5.74) is 0.755. The van der Waals surface area contributed by atoms with Crippen molar-refractivity contribution >= 4 is 44.4 Å². The van der Waals surface area contributed by atoms with Crippen LogP contribution in [0.4, 0.5) is 0 Å². The first-order valence-electron chi connectivity index (χ1n) is 4.90. The molecule has 1 amide bonds. The van der Waals surface area contributed by atoms with E-state index < -0.39 is 0 Å². The second kappa shape index (κ2) is 4.82. The highest BCUT2D eigenvalue weighted by Gasteiger charge is 2.22. The third-order valence-electron chi connectivity index (χ3n) is 2.44. The van der Waals surface area contributed by atoms with Gasteiger partial charge in [-0.3, -0.25) is 4.79 Å². The second-order valence-corrected chi connectivity index (χ2v) is 5.69. The Morgan fingerprint density at radius 3 is 2.93 bits per heavy atom. The van der Waals surface area contributed by atoms with Gasteiger partial charge in [-0.05, 0) is 69.4 Å². The van der Waals surface area contributed by atoms with Gasteiger partial charge >= 0.3 is 0 Å². The minimum Gasteiger partial charge on any atom is -0.352 e. The first kappa shape index (κ1) is 11.4. The lowest BCUT2D eigenvalue weighted by Crippen LogP contribution is -2.26. The van der Waals surface area contributed by atoms with Crippen molar-refractivity contribution in [2.75, 3.05) is 6.54 Å². The summed E-state index contributed by atoms with van der Waals surface area (Å²) >= 11 is 5.60. The Morgan fingerprint density at radius 2 is 2.27 bits per heavy atom. The monoisotopic (exact) mass is 379 g/mol.